The van der Waals surface area contributed by atoms with Crippen LogP contribution in [0.2, 0.25) is 0 Å². The summed E-state index contributed by atoms with van der Waals surface area (Å²) in [4.78, 5) is 11.0. The van der Waals surface area contributed by atoms with Crippen molar-refractivity contribution in [2.24, 2.45) is 0 Å². The van der Waals surface area contributed by atoms with Gasteiger partial charge in [-0.3, -0.25) is 4.79 Å². The van der Waals surface area contributed by atoms with E-state index in [1.807, 2.05) is 0 Å². The van der Waals surface area contributed by atoms with E-state index in [1.54, 1.807) is 44.4 Å². The second kappa shape index (κ2) is 4.56. The number of rotatable bonds is 3. The monoisotopic (exact) mass is 246 g/mol. The maximum atomic E-state index is 11.0. The van der Waals surface area contributed by atoms with E-state index < -0.39 is 11.9 Å². The molecule has 0 aliphatic carbocycles. The molecule has 0 aliphatic heterocycles. The van der Waals surface area contributed by atoms with E-state index in [4.69, 9.17) is 9.84 Å². The molecule has 2 N–H and O–H groups in total. The molecule has 0 radical (unpaired) electrons. The molecule has 94 valence electrons. The Kier molecular flexibility index (Phi) is 3.10. The Labute approximate surface area is 104 Å². The van der Waals surface area contributed by atoms with Crippen LogP contribution >= 0.6 is 0 Å². The number of carboxylic acid groups (broad SMARTS) is 1. The Morgan fingerprint density at radius 3 is 2.61 bits per heavy atom. The molecular weight excluding hydrogens is 232 g/mol. The summed E-state index contributed by atoms with van der Waals surface area (Å²) in [6.45, 7) is 1.55. The number of aliphatic carboxylic acids is 1. The first-order valence-electron chi connectivity index (χ1n) is 5.57. The third kappa shape index (κ3) is 1.97. The first kappa shape index (κ1) is 12.2. The molecule has 2 aromatic carbocycles. The van der Waals surface area contributed by atoms with E-state index in [1.165, 1.54) is 0 Å². The fraction of sp³-hybridized carbons (Fsp3) is 0.214. The minimum Gasteiger partial charge on any atom is -0.507 e. The van der Waals surface area contributed by atoms with E-state index >= 15 is 0 Å². The highest BCUT2D eigenvalue weighted by atomic mass is 16.5. The summed E-state index contributed by atoms with van der Waals surface area (Å²) in [5.41, 5.74) is 0.417. The maximum Gasteiger partial charge on any atom is 0.310 e. The quantitative estimate of drug-likeness (QED) is 0.873. The molecule has 2 aromatic rings. The number of phenols is 1. The van der Waals surface area contributed by atoms with Gasteiger partial charge in [0.05, 0.1) is 13.0 Å². The number of ether oxygens (including phenoxy) is 1. The smallest absolute Gasteiger partial charge is 0.310 e. The van der Waals surface area contributed by atoms with E-state index in [9.17, 15) is 9.90 Å². The molecule has 0 saturated carbocycles. The largest absolute Gasteiger partial charge is 0.507 e. The maximum absolute atomic E-state index is 11.0. The lowest BCUT2D eigenvalue weighted by Crippen LogP contribution is -2.07. The lowest BCUT2D eigenvalue weighted by atomic mass is 9.96. The molecule has 0 unspecified atom stereocenters. The number of fused-ring (bicyclic) bond motifs is 1. The fourth-order valence-corrected chi connectivity index (χ4v) is 1.92. The van der Waals surface area contributed by atoms with Gasteiger partial charge in [-0.15, -0.1) is 0 Å². The van der Waals surface area contributed by atoms with Crippen LogP contribution in [-0.2, 0) is 4.79 Å². The Hall–Kier alpha value is -2.23. The number of carbonyl (C=O) groups is 1. The topological polar surface area (TPSA) is 66.8 Å². The van der Waals surface area contributed by atoms with Gasteiger partial charge in [0.25, 0.3) is 0 Å². The zero-order chi connectivity index (χ0) is 13.3. The van der Waals surface area contributed by atoms with E-state index in [0.717, 1.165) is 5.39 Å². The summed E-state index contributed by atoms with van der Waals surface area (Å²) in [7, 11) is 1.57. The molecule has 0 bridgehead atoms. The third-order valence-corrected chi connectivity index (χ3v) is 3.07. The Bertz CT molecular complexity index is 604. The van der Waals surface area contributed by atoms with Crippen LogP contribution in [0, 0.1) is 0 Å². The van der Waals surface area contributed by atoms with Crippen LogP contribution in [0.1, 0.15) is 18.4 Å². The molecule has 2 rings (SSSR count). The highest BCUT2D eigenvalue weighted by Crippen LogP contribution is 2.34. The van der Waals surface area contributed by atoms with Gasteiger partial charge in [0, 0.05) is 10.9 Å². The Morgan fingerprint density at radius 2 is 2.00 bits per heavy atom. The van der Waals surface area contributed by atoms with Crippen LogP contribution in [0.5, 0.6) is 11.5 Å². The zero-order valence-electron chi connectivity index (χ0n) is 10.2. The number of aromatic hydroxyl groups is 1. The molecule has 0 fully saturated rings. The molecule has 1 atom stereocenters. The number of hydrogen-bond acceptors (Lipinski definition) is 3. The van der Waals surface area contributed by atoms with Crippen molar-refractivity contribution in [3.8, 4) is 11.5 Å². The standard InChI is InChI=1S/C14H14O4/c1-8(14(16)17)11-5-3-9-7-10(18-2)4-6-12(9)13(11)15/h3-8,15H,1-2H3,(H,16,17)/t8-/m0/s1. The minimum absolute atomic E-state index is 0.0186. The van der Waals surface area contributed by atoms with Crippen molar-refractivity contribution in [2.75, 3.05) is 7.11 Å². The van der Waals surface area contributed by atoms with Gasteiger partial charge in [-0.05, 0) is 30.5 Å². The van der Waals surface area contributed by atoms with E-state index in [-0.39, 0.29) is 5.75 Å². The van der Waals surface area contributed by atoms with Gasteiger partial charge in [0.2, 0.25) is 0 Å². The van der Waals surface area contributed by atoms with Crippen molar-refractivity contribution >= 4 is 16.7 Å². The van der Waals surface area contributed by atoms with Crippen molar-refractivity contribution in [3.05, 3.63) is 35.9 Å². The van der Waals surface area contributed by atoms with Gasteiger partial charge in [-0.1, -0.05) is 12.1 Å². The molecule has 0 heterocycles. The molecule has 4 nitrogen and oxygen atoms in total. The second-order valence-electron chi connectivity index (χ2n) is 4.15. The van der Waals surface area contributed by atoms with Crippen LogP contribution in [0.25, 0.3) is 10.8 Å². The van der Waals surface area contributed by atoms with Gasteiger partial charge in [0.15, 0.2) is 0 Å². The number of benzene rings is 2. The molecule has 0 aliphatic rings. The lowest BCUT2D eigenvalue weighted by molar-refractivity contribution is -0.138. The van der Waals surface area contributed by atoms with Crippen LogP contribution in [0.3, 0.4) is 0 Å². The van der Waals surface area contributed by atoms with Crippen molar-refractivity contribution in [3.63, 3.8) is 0 Å². The highest BCUT2D eigenvalue weighted by Gasteiger charge is 2.18. The predicted molar refractivity (Wildman–Crippen MR) is 68.2 cm³/mol. The lowest BCUT2D eigenvalue weighted by Gasteiger charge is -2.12. The SMILES string of the molecule is COc1ccc2c(O)c([C@H](C)C(=O)O)ccc2c1. The number of methoxy groups -OCH3 is 1. The van der Waals surface area contributed by atoms with Gasteiger partial charge in [-0.25, -0.2) is 0 Å². The fourth-order valence-electron chi connectivity index (χ4n) is 1.92. The third-order valence-electron chi connectivity index (χ3n) is 3.07. The minimum atomic E-state index is -0.960. The first-order valence-corrected chi connectivity index (χ1v) is 5.57. The van der Waals surface area contributed by atoms with Crippen LogP contribution < -0.4 is 4.74 Å². The summed E-state index contributed by atoms with van der Waals surface area (Å²) in [6.07, 6.45) is 0. The van der Waals surface area contributed by atoms with Gasteiger partial charge >= 0.3 is 5.97 Å². The average Bonchev–Trinajstić information content (AvgIpc) is 2.37. The summed E-state index contributed by atoms with van der Waals surface area (Å²) in [5.74, 6) is -0.986. The molecule has 18 heavy (non-hydrogen) atoms. The van der Waals surface area contributed by atoms with Gasteiger partial charge in [-0.2, -0.15) is 0 Å². The number of hydrogen-bond donors (Lipinski definition) is 2. The molecular formula is C14H14O4. The molecule has 4 heteroatoms. The van der Waals surface area contributed by atoms with Gasteiger partial charge < -0.3 is 14.9 Å². The Balaban J connectivity index is 2.61. The van der Waals surface area contributed by atoms with E-state index in [2.05, 4.69) is 0 Å². The van der Waals surface area contributed by atoms with E-state index in [0.29, 0.717) is 16.7 Å². The normalized spacial score (nSPS) is 12.3. The van der Waals surface area contributed by atoms with Crippen LogP contribution in [0.4, 0.5) is 0 Å². The van der Waals surface area contributed by atoms with Crippen molar-refractivity contribution in [2.45, 2.75) is 12.8 Å². The molecule has 0 saturated heterocycles. The summed E-state index contributed by atoms with van der Waals surface area (Å²) in [5, 5.41) is 20.6. The molecule has 0 spiro atoms. The van der Waals surface area contributed by atoms with Crippen LogP contribution in [-0.4, -0.2) is 23.3 Å². The van der Waals surface area contributed by atoms with Crippen LogP contribution in [0.15, 0.2) is 30.3 Å². The Morgan fingerprint density at radius 1 is 1.28 bits per heavy atom. The van der Waals surface area contributed by atoms with Gasteiger partial charge in [0.1, 0.15) is 11.5 Å². The van der Waals surface area contributed by atoms with Crippen molar-refractivity contribution < 1.29 is 19.7 Å². The summed E-state index contributed by atoms with van der Waals surface area (Å²) >= 11 is 0. The molecule has 0 aromatic heterocycles. The first-order chi connectivity index (χ1) is 8.54. The second-order valence-corrected chi connectivity index (χ2v) is 4.15. The molecule has 0 amide bonds. The van der Waals surface area contributed by atoms with Crippen molar-refractivity contribution in [1.29, 1.82) is 0 Å². The highest BCUT2D eigenvalue weighted by molar-refractivity contribution is 5.92. The van der Waals surface area contributed by atoms with Crippen molar-refractivity contribution in [1.82, 2.24) is 0 Å². The summed E-state index contributed by atoms with van der Waals surface area (Å²) < 4.78 is 5.10. The summed E-state index contributed by atoms with van der Waals surface area (Å²) in [6, 6.07) is 8.67. The zero-order valence-corrected chi connectivity index (χ0v) is 10.2. The number of carboxylic acids is 1. The number of phenolic OH excluding ortho intramolecular Hbond substituents is 1. The average molecular weight is 246 g/mol. The predicted octanol–water partition coefficient (Wildman–Crippen LogP) is 2.74.